The molecule has 0 aliphatic rings. The van der Waals surface area contributed by atoms with Gasteiger partial charge < -0.3 is 26.1 Å². The third-order valence-electron chi connectivity index (χ3n) is 7.54. The zero-order valence-corrected chi connectivity index (χ0v) is 30.5. The van der Waals surface area contributed by atoms with Crippen LogP contribution in [0.5, 0.6) is 11.6 Å². The fraction of sp³-hybridized carbons (Fsp3) is 0.167. The molecule has 52 heavy (non-hydrogen) atoms. The first-order valence-electron chi connectivity index (χ1n) is 15.7. The summed E-state index contributed by atoms with van der Waals surface area (Å²) >= 11 is 0. The molecule has 0 spiro atoms. The Morgan fingerprint density at radius 2 is 1.46 bits per heavy atom. The number of nitrogens with one attached hydrogen (secondary N) is 5. The van der Waals surface area contributed by atoms with Crippen molar-refractivity contribution in [3.05, 3.63) is 109 Å². The summed E-state index contributed by atoms with van der Waals surface area (Å²) in [5.41, 5.74) is 1.10. The SMILES string of the molecule is CP(C)c1ccc(N/C(=C\C(=N)C(C)(C)C)NC(=O)Nc2ccc(Oc3ccnc(Nc4ccc(S(F)(F)(F)(F)F)cc4)n3)c3ccccc23)cc1. The minimum absolute atomic E-state index is 0.0504. The molecule has 4 aromatic carbocycles. The number of ether oxygens (including phenoxy) is 1. The summed E-state index contributed by atoms with van der Waals surface area (Å²) < 4.78 is 71.5. The van der Waals surface area contributed by atoms with Crippen molar-refractivity contribution in [2.24, 2.45) is 5.41 Å². The number of amides is 2. The van der Waals surface area contributed by atoms with Crippen LogP contribution in [0.1, 0.15) is 20.8 Å². The maximum atomic E-state index is 13.4. The summed E-state index contributed by atoms with van der Waals surface area (Å²) in [5, 5.41) is 22.6. The molecule has 5 rings (SSSR count). The van der Waals surface area contributed by atoms with Crippen molar-refractivity contribution in [1.82, 2.24) is 15.3 Å². The van der Waals surface area contributed by atoms with Crippen molar-refractivity contribution < 1.29 is 29.0 Å². The second-order valence-electron chi connectivity index (χ2n) is 13.0. The molecule has 0 saturated heterocycles. The smallest absolute Gasteiger partial charge is 0.324 e. The molecular weight excluding hydrogens is 720 g/mol. The molecular formula is C36H37F5N7O2PS. The Balaban J connectivity index is 1.33. The predicted octanol–water partition coefficient (Wildman–Crippen LogP) is 11.3. The molecule has 0 aliphatic heterocycles. The van der Waals surface area contributed by atoms with Gasteiger partial charge in [0.2, 0.25) is 11.8 Å². The fourth-order valence-corrected chi connectivity index (χ4v) is 6.10. The van der Waals surface area contributed by atoms with Gasteiger partial charge in [0.05, 0.1) is 5.69 Å². The topological polar surface area (TPSA) is 124 Å². The number of hydrogen-bond acceptors (Lipinski definition) is 7. The minimum Gasteiger partial charge on any atom is -0.438 e. The molecule has 274 valence electrons. The quantitative estimate of drug-likeness (QED) is 0.0519. The van der Waals surface area contributed by atoms with E-state index < -0.39 is 26.6 Å². The van der Waals surface area contributed by atoms with Gasteiger partial charge in [0, 0.05) is 51.6 Å². The Bertz CT molecular complexity index is 2160. The van der Waals surface area contributed by atoms with Crippen molar-refractivity contribution in [1.29, 1.82) is 5.41 Å². The highest BCUT2D eigenvalue weighted by Gasteiger charge is 2.65. The number of nitrogens with zero attached hydrogens (tertiary/aromatic N) is 2. The number of urea groups is 1. The number of anilines is 4. The zero-order chi connectivity index (χ0) is 38.0. The van der Waals surface area contributed by atoms with E-state index >= 15 is 0 Å². The predicted molar refractivity (Wildman–Crippen MR) is 203 cm³/mol. The van der Waals surface area contributed by atoms with Crippen molar-refractivity contribution >= 4 is 69.0 Å². The average Bonchev–Trinajstić information content (AvgIpc) is 3.05. The lowest BCUT2D eigenvalue weighted by molar-refractivity contribution is 0.254. The largest absolute Gasteiger partial charge is 0.438 e. The third-order valence-corrected chi connectivity index (χ3v) is 10.0. The highest BCUT2D eigenvalue weighted by Crippen LogP contribution is 3.02. The van der Waals surface area contributed by atoms with Gasteiger partial charge in [0.25, 0.3) is 0 Å². The Morgan fingerprint density at radius 3 is 2.08 bits per heavy atom. The van der Waals surface area contributed by atoms with E-state index in [1.54, 1.807) is 42.5 Å². The lowest BCUT2D eigenvalue weighted by Crippen LogP contribution is -2.32. The monoisotopic (exact) mass is 757 g/mol. The third kappa shape index (κ3) is 9.95. The van der Waals surface area contributed by atoms with Crippen molar-refractivity contribution in [3.63, 3.8) is 0 Å². The van der Waals surface area contributed by atoms with Crippen LogP contribution in [0.3, 0.4) is 0 Å². The van der Waals surface area contributed by atoms with Gasteiger partial charge in [-0.15, -0.1) is 0 Å². The van der Waals surface area contributed by atoms with Crippen LogP contribution in [0, 0.1) is 10.8 Å². The van der Waals surface area contributed by atoms with Gasteiger partial charge in [-0.3, -0.25) is 5.32 Å². The standard InChI is InChI=1S/C36H37F5N7O2PS/c1-36(2,3)31(42)22-32(44-23-10-14-25(15-11-23)51(4)5)47-35(49)46-29-18-19-30(28-9-7-6-8-27(28)29)50-33-20-21-43-34(48-33)45-24-12-16-26(17-13-24)52(37,38,39,40)41/h6-22,42,44H,1-5H3,(H,43,45,48)(H2,46,47,49)/b32-22+,42-31?. The van der Waals surface area contributed by atoms with Gasteiger partial charge in [-0.05, 0) is 67.2 Å². The zero-order valence-electron chi connectivity index (χ0n) is 28.8. The van der Waals surface area contributed by atoms with Crippen LogP contribution in [-0.2, 0) is 0 Å². The van der Waals surface area contributed by atoms with Gasteiger partial charge >= 0.3 is 16.3 Å². The summed E-state index contributed by atoms with van der Waals surface area (Å²) in [4.78, 5) is 19.6. The van der Waals surface area contributed by atoms with E-state index in [-0.39, 0.29) is 25.4 Å². The number of carbonyl (C=O) groups is 1. The highest BCUT2D eigenvalue weighted by atomic mass is 32.5. The molecule has 0 aliphatic carbocycles. The Kier molecular flexibility index (Phi) is 10.0. The molecule has 0 bridgehead atoms. The van der Waals surface area contributed by atoms with Crippen LogP contribution in [0.15, 0.2) is 114 Å². The van der Waals surface area contributed by atoms with E-state index in [9.17, 15) is 24.2 Å². The van der Waals surface area contributed by atoms with Crippen molar-refractivity contribution in [3.8, 4) is 11.6 Å². The Labute approximate surface area is 299 Å². The Morgan fingerprint density at radius 1 is 0.827 bits per heavy atom. The summed E-state index contributed by atoms with van der Waals surface area (Å²) in [5.74, 6) is 0.715. The molecule has 16 heteroatoms. The molecule has 5 N–H and O–H groups in total. The van der Waals surface area contributed by atoms with E-state index in [1.807, 2.05) is 45.0 Å². The average molecular weight is 758 g/mol. The number of rotatable bonds is 11. The van der Waals surface area contributed by atoms with E-state index in [4.69, 9.17) is 10.1 Å². The first-order valence-corrected chi connectivity index (χ1v) is 19.9. The first-order chi connectivity index (χ1) is 24.1. The fourth-order valence-electron chi connectivity index (χ4n) is 4.70. The van der Waals surface area contributed by atoms with Crippen LogP contribution in [0.2, 0.25) is 0 Å². The lowest BCUT2D eigenvalue weighted by atomic mass is 9.90. The van der Waals surface area contributed by atoms with Crippen LogP contribution in [-0.4, -0.2) is 35.0 Å². The second-order valence-corrected chi connectivity index (χ2v) is 17.7. The molecule has 9 nitrogen and oxygen atoms in total. The summed E-state index contributed by atoms with van der Waals surface area (Å²) in [6.45, 7) is 10.0. The van der Waals surface area contributed by atoms with Gasteiger partial charge in [-0.1, -0.05) is 84.5 Å². The summed E-state index contributed by atoms with van der Waals surface area (Å²) in [7, 11) is -10.1. The molecule has 1 heterocycles. The molecule has 0 radical (unpaired) electrons. The van der Waals surface area contributed by atoms with Crippen molar-refractivity contribution in [2.75, 3.05) is 29.3 Å². The number of carbonyl (C=O) groups excluding carboxylic acids is 1. The molecule has 2 amide bonds. The maximum Gasteiger partial charge on any atom is 0.324 e. The van der Waals surface area contributed by atoms with Gasteiger partial charge in [0.1, 0.15) is 16.5 Å². The van der Waals surface area contributed by atoms with E-state index in [0.717, 1.165) is 17.8 Å². The minimum atomic E-state index is -9.81. The van der Waals surface area contributed by atoms with Crippen LogP contribution < -0.4 is 31.3 Å². The second kappa shape index (κ2) is 13.7. The summed E-state index contributed by atoms with van der Waals surface area (Å²) in [6, 6.07) is 21.6. The lowest BCUT2D eigenvalue weighted by Gasteiger charge is -2.40. The van der Waals surface area contributed by atoms with Crippen LogP contribution in [0.4, 0.5) is 47.2 Å². The van der Waals surface area contributed by atoms with Gasteiger partial charge in [0.15, 0.2) is 0 Å². The van der Waals surface area contributed by atoms with E-state index in [1.165, 1.54) is 17.6 Å². The van der Waals surface area contributed by atoms with Crippen LogP contribution >= 0.6 is 18.1 Å². The molecule has 5 aromatic rings. The van der Waals surface area contributed by atoms with Gasteiger partial charge in [-0.25, -0.2) is 9.78 Å². The molecule has 0 saturated carbocycles. The van der Waals surface area contributed by atoms with Crippen molar-refractivity contribution in [2.45, 2.75) is 25.7 Å². The number of benzene rings is 4. The molecule has 1 aromatic heterocycles. The number of aromatic nitrogens is 2. The normalized spacial score (nSPS) is 13.6. The molecule has 0 unspecified atom stereocenters. The number of allylic oxidation sites excluding steroid dienone is 1. The number of halogens is 5. The Hall–Kier alpha value is -5.27. The molecule has 0 atom stereocenters. The maximum absolute atomic E-state index is 13.4. The van der Waals surface area contributed by atoms with E-state index in [0.29, 0.717) is 45.9 Å². The molecule has 0 fully saturated rings. The number of fused-ring (bicyclic) bond motifs is 1. The van der Waals surface area contributed by atoms with Gasteiger partial charge in [-0.2, -0.15) is 4.98 Å². The summed E-state index contributed by atoms with van der Waals surface area (Å²) in [6.07, 6.45) is 2.94. The van der Waals surface area contributed by atoms with Crippen LogP contribution in [0.25, 0.3) is 10.8 Å². The first kappa shape index (κ1) is 38.0. The number of hydrogen-bond donors (Lipinski definition) is 5. The highest BCUT2D eigenvalue weighted by molar-refractivity contribution is 8.45. The van der Waals surface area contributed by atoms with E-state index in [2.05, 4.69) is 44.6 Å².